The van der Waals surface area contributed by atoms with Gasteiger partial charge in [-0.1, -0.05) is 78.1 Å². The third-order valence-electron chi connectivity index (χ3n) is 3.21. The maximum Gasteiger partial charge on any atom is 0.363 e. The molecule has 0 saturated carbocycles. The van der Waals surface area contributed by atoms with Gasteiger partial charge in [0.2, 0.25) is 0 Å². The van der Waals surface area contributed by atoms with Gasteiger partial charge in [-0.2, -0.15) is 0 Å². The van der Waals surface area contributed by atoms with Crippen LogP contribution >= 0.6 is 0 Å². The lowest BCUT2D eigenvalue weighted by Gasteiger charge is -2.01. The first-order valence-corrected chi connectivity index (χ1v) is 9.41. The standard InChI is InChI=1S/C12H25.C2H5.Mg/c1-3-5-7-9-11-12-10-8-6-4-2;1-2;/h1,3-12H2,2H3;1H2,2H3;. The first kappa shape index (κ1) is 15.8. The van der Waals surface area contributed by atoms with Gasteiger partial charge in [0.05, 0.1) is 0 Å². The normalized spacial score (nSPS) is 10.3. The van der Waals surface area contributed by atoms with Gasteiger partial charge in [0.15, 0.2) is 0 Å². The molecule has 0 aliphatic rings. The van der Waals surface area contributed by atoms with Gasteiger partial charge >= 0.3 is 20.4 Å². The summed E-state index contributed by atoms with van der Waals surface area (Å²) in [7, 11) is 0. The van der Waals surface area contributed by atoms with Gasteiger partial charge in [-0.15, -0.1) is 9.10 Å². The van der Waals surface area contributed by atoms with E-state index in [1.54, 1.807) is 4.55 Å². The van der Waals surface area contributed by atoms with Gasteiger partial charge < -0.3 is 0 Å². The van der Waals surface area contributed by atoms with Crippen molar-refractivity contribution in [2.45, 2.75) is 87.2 Å². The SMILES string of the molecule is CCCCCCCCCCC[CH2][Mg][CH2]C. The molecule has 0 atom stereocenters. The summed E-state index contributed by atoms with van der Waals surface area (Å²) in [6.07, 6.45) is 14.8. The minimum atomic E-state index is 0.368. The Labute approximate surface area is 107 Å². The van der Waals surface area contributed by atoms with E-state index in [1.165, 1.54) is 68.8 Å². The lowest BCUT2D eigenvalue weighted by atomic mass is 10.1. The highest BCUT2D eigenvalue weighted by Crippen LogP contribution is 2.11. The van der Waals surface area contributed by atoms with Gasteiger partial charge in [0.1, 0.15) is 0 Å². The zero-order valence-corrected chi connectivity index (χ0v) is 12.6. The smallest absolute Gasteiger partial charge is 0.149 e. The summed E-state index contributed by atoms with van der Waals surface area (Å²) >= 11 is 0.368. The molecule has 0 heterocycles. The molecule has 0 aliphatic heterocycles. The van der Waals surface area contributed by atoms with Crippen LogP contribution < -0.4 is 0 Å². The van der Waals surface area contributed by atoms with Crippen molar-refractivity contribution in [1.82, 2.24) is 0 Å². The van der Waals surface area contributed by atoms with E-state index < -0.39 is 0 Å². The van der Waals surface area contributed by atoms with Crippen molar-refractivity contribution >= 4 is 20.4 Å². The van der Waals surface area contributed by atoms with Gasteiger partial charge in [-0.05, 0) is 0 Å². The molecule has 0 spiro atoms. The van der Waals surface area contributed by atoms with Crippen molar-refractivity contribution in [2.75, 3.05) is 0 Å². The van der Waals surface area contributed by atoms with E-state index in [0.29, 0.717) is 20.4 Å². The Morgan fingerprint density at radius 1 is 0.600 bits per heavy atom. The van der Waals surface area contributed by atoms with E-state index in [1.807, 2.05) is 0 Å². The topological polar surface area (TPSA) is 0 Å². The average Bonchev–Trinajstić information content (AvgIpc) is 2.26. The van der Waals surface area contributed by atoms with Gasteiger partial charge in [-0.25, -0.2) is 0 Å². The summed E-state index contributed by atoms with van der Waals surface area (Å²) in [6, 6.07) is 0. The van der Waals surface area contributed by atoms with Crippen LogP contribution in [0.5, 0.6) is 0 Å². The highest BCUT2D eigenvalue weighted by Gasteiger charge is 1.94. The summed E-state index contributed by atoms with van der Waals surface area (Å²) in [5.74, 6) is 0. The molecular formula is C14H30Mg. The van der Waals surface area contributed by atoms with E-state index in [4.69, 9.17) is 0 Å². The largest absolute Gasteiger partial charge is 0.363 e. The predicted octanol–water partition coefficient (Wildman–Crippen LogP) is 5.47. The van der Waals surface area contributed by atoms with Crippen molar-refractivity contribution in [3.8, 4) is 0 Å². The number of hydrogen-bond donors (Lipinski definition) is 0. The average molecular weight is 223 g/mol. The van der Waals surface area contributed by atoms with E-state index in [2.05, 4.69) is 13.8 Å². The molecule has 0 aromatic rings. The molecule has 0 N–H and O–H groups in total. The van der Waals surface area contributed by atoms with E-state index in [0.717, 1.165) is 0 Å². The summed E-state index contributed by atoms with van der Waals surface area (Å²) in [4.78, 5) is 0. The summed E-state index contributed by atoms with van der Waals surface area (Å²) in [6.45, 7) is 4.64. The molecule has 0 aliphatic carbocycles. The Morgan fingerprint density at radius 2 is 1.07 bits per heavy atom. The molecule has 0 rings (SSSR count). The second kappa shape index (κ2) is 14.8. The van der Waals surface area contributed by atoms with Crippen LogP contribution in [0.15, 0.2) is 0 Å². The second-order valence-electron chi connectivity index (χ2n) is 4.89. The Kier molecular flexibility index (Phi) is 15.5. The first-order chi connectivity index (χ1) is 7.41. The maximum absolute atomic E-state index is 2.35. The Balaban J connectivity index is 2.81. The highest BCUT2D eigenvalue weighted by atomic mass is 24.5. The van der Waals surface area contributed by atoms with Crippen LogP contribution in [-0.2, 0) is 0 Å². The molecule has 0 radical (unpaired) electrons. The molecule has 0 saturated heterocycles. The number of hydrogen-bond acceptors (Lipinski definition) is 0. The van der Waals surface area contributed by atoms with Gasteiger partial charge in [-0.3, -0.25) is 0 Å². The quantitative estimate of drug-likeness (QED) is 0.304. The van der Waals surface area contributed by atoms with Crippen molar-refractivity contribution in [2.24, 2.45) is 0 Å². The van der Waals surface area contributed by atoms with E-state index >= 15 is 0 Å². The van der Waals surface area contributed by atoms with E-state index in [-0.39, 0.29) is 0 Å². The molecule has 0 unspecified atom stereocenters. The van der Waals surface area contributed by atoms with Gasteiger partial charge in [0.25, 0.3) is 0 Å². The van der Waals surface area contributed by atoms with Crippen molar-refractivity contribution < 1.29 is 0 Å². The molecule has 0 fully saturated rings. The van der Waals surface area contributed by atoms with Crippen LogP contribution in [0.4, 0.5) is 0 Å². The van der Waals surface area contributed by atoms with Crippen molar-refractivity contribution in [3.63, 3.8) is 0 Å². The molecule has 15 heavy (non-hydrogen) atoms. The first-order valence-electron chi connectivity index (χ1n) is 7.41. The van der Waals surface area contributed by atoms with Crippen LogP contribution in [0.2, 0.25) is 9.10 Å². The maximum atomic E-state index is 2.35. The zero-order valence-electron chi connectivity index (χ0n) is 11.2. The predicted molar refractivity (Wildman–Crippen MR) is 72.9 cm³/mol. The number of unbranched alkanes of at least 4 members (excludes halogenated alkanes) is 9. The van der Waals surface area contributed by atoms with Crippen LogP contribution in [0.3, 0.4) is 0 Å². The second-order valence-corrected chi connectivity index (χ2v) is 7.30. The molecule has 0 aromatic heterocycles. The number of rotatable bonds is 12. The Hall–Kier alpha value is 0.766. The summed E-state index contributed by atoms with van der Waals surface area (Å²) in [5, 5.41) is 0. The van der Waals surface area contributed by atoms with Crippen LogP contribution in [0.25, 0.3) is 0 Å². The fourth-order valence-corrected chi connectivity index (χ4v) is 3.30. The monoisotopic (exact) mass is 222 g/mol. The fourth-order valence-electron chi connectivity index (χ4n) is 2.09. The summed E-state index contributed by atoms with van der Waals surface area (Å²) in [5.41, 5.74) is 0. The molecule has 0 aromatic carbocycles. The van der Waals surface area contributed by atoms with Gasteiger partial charge in [0, 0.05) is 0 Å². The molecule has 1 heteroatoms. The third-order valence-corrected chi connectivity index (χ3v) is 4.91. The lowest BCUT2D eigenvalue weighted by Crippen LogP contribution is -1.86. The molecule has 0 bridgehead atoms. The van der Waals surface area contributed by atoms with Crippen LogP contribution in [0, 0.1) is 0 Å². The van der Waals surface area contributed by atoms with Crippen LogP contribution in [0.1, 0.15) is 78.1 Å². The Morgan fingerprint density at radius 3 is 1.53 bits per heavy atom. The lowest BCUT2D eigenvalue weighted by molar-refractivity contribution is 0.562. The fraction of sp³-hybridized carbons (Fsp3) is 1.00. The minimum absolute atomic E-state index is 0.368. The highest BCUT2D eigenvalue weighted by molar-refractivity contribution is 6.35. The Bertz CT molecular complexity index is 89.5. The molecular weight excluding hydrogens is 192 g/mol. The minimum Gasteiger partial charge on any atom is -0.149 e. The summed E-state index contributed by atoms with van der Waals surface area (Å²) < 4.78 is 3.12. The molecule has 88 valence electrons. The third kappa shape index (κ3) is 14.8. The molecule has 0 amide bonds. The van der Waals surface area contributed by atoms with E-state index in [9.17, 15) is 0 Å². The van der Waals surface area contributed by atoms with Crippen molar-refractivity contribution in [3.05, 3.63) is 0 Å². The zero-order chi connectivity index (χ0) is 11.2. The van der Waals surface area contributed by atoms with Crippen LogP contribution in [-0.4, -0.2) is 20.4 Å². The van der Waals surface area contributed by atoms with Crippen molar-refractivity contribution in [1.29, 1.82) is 0 Å². The molecule has 0 nitrogen and oxygen atoms in total.